The number of carbonyl (C=O) groups excluding carboxylic acids is 1. The van der Waals surface area contributed by atoms with Crippen molar-refractivity contribution in [1.29, 1.82) is 0 Å². The first-order valence-electron chi connectivity index (χ1n) is 6.12. The summed E-state index contributed by atoms with van der Waals surface area (Å²) in [7, 11) is 1.81. The Morgan fingerprint density at radius 2 is 2.00 bits per heavy atom. The molecule has 100 valence electrons. The summed E-state index contributed by atoms with van der Waals surface area (Å²) in [5, 5.41) is 7.04. The third-order valence-electron chi connectivity index (χ3n) is 3.10. The van der Waals surface area contributed by atoms with Gasteiger partial charge in [-0.1, -0.05) is 19.1 Å². The van der Waals surface area contributed by atoms with Gasteiger partial charge >= 0.3 is 0 Å². The average Bonchev–Trinajstić information content (AvgIpc) is 2.67. The van der Waals surface area contributed by atoms with Gasteiger partial charge in [0.1, 0.15) is 0 Å². The highest BCUT2D eigenvalue weighted by molar-refractivity contribution is 9.10. The second kappa shape index (κ2) is 5.57. The molecule has 2 rings (SSSR count). The third-order valence-corrected chi connectivity index (χ3v) is 4.05. The maximum atomic E-state index is 12.1. The first kappa shape index (κ1) is 13.8. The zero-order valence-corrected chi connectivity index (χ0v) is 12.8. The summed E-state index contributed by atoms with van der Waals surface area (Å²) in [5.74, 6) is -0.208. The molecule has 0 aliphatic carbocycles. The number of hydrogen-bond donors (Lipinski definition) is 1. The Bertz CT molecular complexity index is 602. The molecule has 0 unspecified atom stereocenters. The van der Waals surface area contributed by atoms with Crippen molar-refractivity contribution in [2.45, 2.75) is 20.3 Å². The van der Waals surface area contributed by atoms with Crippen molar-refractivity contribution in [2.24, 2.45) is 7.05 Å². The minimum atomic E-state index is -0.208. The Balaban J connectivity index is 2.18. The van der Waals surface area contributed by atoms with Gasteiger partial charge in [-0.3, -0.25) is 9.48 Å². The minimum Gasteiger partial charge on any atom is -0.321 e. The Labute approximate surface area is 120 Å². The molecular formula is C14H16BrN3O. The first-order valence-corrected chi connectivity index (χ1v) is 6.91. The van der Waals surface area contributed by atoms with Gasteiger partial charge in [0.25, 0.3) is 5.91 Å². The van der Waals surface area contributed by atoms with Crippen molar-refractivity contribution in [3.8, 4) is 0 Å². The number of aromatic nitrogens is 2. The van der Waals surface area contributed by atoms with E-state index >= 15 is 0 Å². The van der Waals surface area contributed by atoms with Crippen molar-refractivity contribution >= 4 is 27.5 Å². The highest BCUT2D eigenvalue weighted by atomic mass is 79.9. The van der Waals surface area contributed by atoms with Crippen LogP contribution in [0.2, 0.25) is 0 Å². The van der Waals surface area contributed by atoms with Crippen LogP contribution in [0.4, 0.5) is 5.69 Å². The van der Waals surface area contributed by atoms with Crippen LogP contribution in [0.15, 0.2) is 28.7 Å². The second-order valence-electron chi connectivity index (χ2n) is 4.38. The van der Waals surface area contributed by atoms with Crippen molar-refractivity contribution < 1.29 is 4.79 Å². The van der Waals surface area contributed by atoms with Crippen molar-refractivity contribution in [3.05, 3.63) is 45.7 Å². The molecule has 0 atom stereocenters. The maximum Gasteiger partial charge on any atom is 0.277 e. The summed E-state index contributed by atoms with van der Waals surface area (Å²) >= 11 is 3.39. The number of rotatable bonds is 3. The van der Waals surface area contributed by atoms with Gasteiger partial charge in [0.15, 0.2) is 5.69 Å². The number of nitrogens with zero attached hydrogens (tertiary/aromatic N) is 2. The van der Waals surface area contributed by atoms with E-state index in [4.69, 9.17) is 0 Å². The smallest absolute Gasteiger partial charge is 0.277 e. The van der Waals surface area contributed by atoms with E-state index in [0.29, 0.717) is 5.69 Å². The van der Waals surface area contributed by atoms with Crippen LogP contribution in [0.25, 0.3) is 0 Å². The van der Waals surface area contributed by atoms with Crippen molar-refractivity contribution in [1.82, 2.24) is 9.78 Å². The SMILES string of the molecule is CCc1ccc(NC(=O)c2nn(C)c(C)c2Br)cc1. The number of hydrogen-bond acceptors (Lipinski definition) is 2. The Hall–Kier alpha value is -1.62. The Morgan fingerprint density at radius 1 is 1.37 bits per heavy atom. The molecule has 1 N–H and O–H groups in total. The molecule has 0 radical (unpaired) electrons. The number of amides is 1. The molecule has 1 heterocycles. The fraction of sp³-hybridized carbons (Fsp3) is 0.286. The Kier molecular flexibility index (Phi) is 4.04. The summed E-state index contributed by atoms with van der Waals surface area (Å²) < 4.78 is 2.41. The van der Waals surface area contributed by atoms with Crippen LogP contribution in [0.5, 0.6) is 0 Å². The highest BCUT2D eigenvalue weighted by Crippen LogP contribution is 2.21. The van der Waals surface area contributed by atoms with E-state index in [-0.39, 0.29) is 5.91 Å². The minimum absolute atomic E-state index is 0.208. The first-order chi connectivity index (χ1) is 9.02. The fourth-order valence-corrected chi connectivity index (χ4v) is 2.26. The zero-order valence-electron chi connectivity index (χ0n) is 11.2. The lowest BCUT2D eigenvalue weighted by atomic mass is 10.1. The third kappa shape index (κ3) is 2.87. The normalized spacial score (nSPS) is 10.5. The van der Waals surface area contributed by atoms with Crippen LogP contribution in [0.1, 0.15) is 28.7 Å². The van der Waals surface area contributed by atoms with Gasteiger partial charge in [-0.05, 0) is 47.0 Å². The molecule has 1 aromatic heterocycles. The summed E-state index contributed by atoms with van der Waals surface area (Å²) in [4.78, 5) is 12.1. The van der Waals surface area contributed by atoms with Crippen molar-refractivity contribution in [2.75, 3.05) is 5.32 Å². The molecule has 2 aromatic rings. The fourth-order valence-electron chi connectivity index (χ4n) is 1.74. The van der Waals surface area contributed by atoms with Crippen LogP contribution in [-0.2, 0) is 13.5 Å². The highest BCUT2D eigenvalue weighted by Gasteiger charge is 2.17. The zero-order chi connectivity index (χ0) is 14.0. The molecule has 0 fully saturated rings. The van der Waals surface area contributed by atoms with Crippen LogP contribution >= 0.6 is 15.9 Å². The van der Waals surface area contributed by atoms with Crippen molar-refractivity contribution in [3.63, 3.8) is 0 Å². The van der Waals surface area contributed by atoms with Crippen LogP contribution < -0.4 is 5.32 Å². The van der Waals surface area contributed by atoms with Crippen LogP contribution in [0.3, 0.4) is 0 Å². The van der Waals surface area contributed by atoms with E-state index in [1.54, 1.807) is 4.68 Å². The molecule has 0 aliphatic rings. The molecule has 0 bridgehead atoms. The Morgan fingerprint density at radius 3 is 2.47 bits per heavy atom. The van der Waals surface area contributed by atoms with E-state index < -0.39 is 0 Å². The predicted molar refractivity (Wildman–Crippen MR) is 79.4 cm³/mol. The molecular weight excluding hydrogens is 306 g/mol. The van der Waals surface area contributed by atoms with Gasteiger partial charge in [0.2, 0.25) is 0 Å². The summed E-state index contributed by atoms with van der Waals surface area (Å²) in [6, 6.07) is 7.82. The maximum absolute atomic E-state index is 12.1. The van der Waals surface area contributed by atoms with E-state index in [9.17, 15) is 4.79 Å². The molecule has 0 saturated carbocycles. The quantitative estimate of drug-likeness (QED) is 0.942. The monoisotopic (exact) mass is 321 g/mol. The van der Waals surface area contributed by atoms with Gasteiger partial charge < -0.3 is 5.32 Å². The second-order valence-corrected chi connectivity index (χ2v) is 5.17. The van der Waals surface area contributed by atoms with Crippen LogP contribution in [-0.4, -0.2) is 15.7 Å². The number of carbonyl (C=O) groups is 1. The molecule has 1 amide bonds. The number of anilines is 1. The van der Waals surface area contributed by atoms with E-state index in [1.807, 2.05) is 38.2 Å². The van der Waals surface area contributed by atoms with E-state index in [2.05, 4.69) is 33.3 Å². The van der Waals surface area contributed by atoms with Crippen LogP contribution in [0, 0.1) is 6.92 Å². The lowest BCUT2D eigenvalue weighted by molar-refractivity contribution is 0.102. The molecule has 0 saturated heterocycles. The lowest BCUT2D eigenvalue weighted by Gasteiger charge is -2.04. The number of aryl methyl sites for hydroxylation is 2. The molecule has 1 aromatic carbocycles. The lowest BCUT2D eigenvalue weighted by Crippen LogP contribution is -2.13. The average molecular weight is 322 g/mol. The largest absolute Gasteiger partial charge is 0.321 e. The van der Waals surface area contributed by atoms with E-state index in [0.717, 1.165) is 22.3 Å². The molecule has 4 nitrogen and oxygen atoms in total. The topological polar surface area (TPSA) is 46.9 Å². The summed E-state index contributed by atoms with van der Waals surface area (Å²) in [6.45, 7) is 4.01. The molecule has 5 heteroatoms. The van der Waals surface area contributed by atoms with Gasteiger partial charge in [0.05, 0.1) is 10.2 Å². The molecule has 19 heavy (non-hydrogen) atoms. The summed E-state index contributed by atoms with van der Waals surface area (Å²) in [5.41, 5.74) is 3.34. The van der Waals surface area contributed by atoms with E-state index in [1.165, 1.54) is 5.56 Å². The van der Waals surface area contributed by atoms with Gasteiger partial charge in [0, 0.05) is 12.7 Å². The number of halogens is 1. The predicted octanol–water partition coefficient (Wildman–Crippen LogP) is 3.31. The molecule has 0 spiro atoms. The van der Waals surface area contributed by atoms with Gasteiger partial charge in [-0.15, -0.1) is 0 Å². The number of nitrogens with one attached hydrogen (secondary N) is 1. The van der Waals surface area contributed by atoms with Gasteiger partial charge in [-0.2, -0.15) is 5.10 Å². The summed E-state index contributed by atoms with van der Waals surface area (Å²) in [6.07, 6.45) is 0.985. The molecule has 0 aliphatic heterocycles. The number of benzene rings is 1. The standard InChI is InChI=1S/C14H16BrN3O/c1-4-10-5-7-11(8-6-10)16-14(19)13-12(15)9(2)18(3)17-13/h5-8H,4H2,1-3H3,(H,16,19). The van der Waals surface area contributed by atoms with Gasteiger partial charge in [-0.25, -0.2) is 0 Å².